The van der Waals surface area contributed by atoms with Gasteiger partial charge in [-0.15, -0.1) is 0 Å². The van der Waals surface area contributed by atoms with Gasteiger partial charge in [0.05, 0.1) is 12.1 Å². The molecule has 0 aliphatic carbocycles. The number of rotatable bonds is 7. The summed E-state index contributed by atoms with van der Waals surface area (Å²) >= 11 is 0. The molecule has 0 spiro atoms. The first-order valence-corrected chi connectivity index (χ1v) is 10.2. The summed E-state index contributed by atoms with van der Waals surface area (Å²) in [6, 6.07) is 20.4. The van der Waals surface area contributed by atoms with E-state index in [0.29, 0.717) is 0 Å². The molecule has 3 rings (SSSR count). The molecule has 0 bridgehead atoms. The van der Waals surface area contributed by atoms with E-state index in [1.807, 2.05) is 38.1 Å². The van der Waals surface area contributed by atoms with E-state index in [4.69, 9.17) is 0 Å². The summed E-state index contributed by atoms with van der Waals surface area (Å²) in [4.78, 5) is 17.4. The molecular weight excluding hydrogens is 346 g/mol. The highest BCUT2D eigenvalue weighted by atomic mass is 16.2. The average Bonchev–Trinajstić information content (AvgIpc) is 2.75. The molecule has 148 valence electrons. The standard InChI is InChI=1S/C24H31N3O/c1-20(23-13-7-4-8-14-23)25-24(28)21(2)27-18-16-26(17-19-27)15-9-12-22-10-5-3-6-11-22/h3-14,20-21H,15-19H2,1-2H3,(H,25,28)/b12-9+. The maximum atomic E-state index is 12.7. The Labute approximate surface area is 168 Å². The molecule has 2 aromatic carbocycles. The van der Waals surface area contributed by atoms with Crippen LogP contribution in [0.5, 0.6) is 0 Å². The van der Waals surface area contributed by atoms with Gasteiger partial charge >= 0.3 is 0 Å². The highest BCUT2D eigenvalue weighted by molar-refractivity contribution is 5.81. The summed E-state index contributed by atoms with van der Waals surface area (Å²) in [7, 11) is 0. The van der Waals surface area contributed by atoms with Crippen molar-refractivity contribution in [1.29, 1.82) is 0 Å². The normalized spacial score (nSPS) is 18.1. The quantitative estimate of drug-likeness (QED) is 0.801. The van der Waals surface area contributed by atoms with E-state index in [0.717, 1.165) is 38.3 Å². The van der Waals surface area contributed by atoms with Gasteiger partial charge in [-0.3, -0.25) is 14.6 Å². The Morgan fingerprint density at radius 2 is 1.57 bits per heavy atom. The van der Waals surface area contributed by atoms with E-state index >= 15 is 0 Å². The van der Waals surface area contributed by atoms with Crippen molar-refractivity contribution in [3.05, 3.63) is 77.9 Å². The van der Waals surface area contributed by atoms with Crippen molar-refractivity contribution in [1.82, 2.24) is 15.1 Å². The molecule has 4 heteroatoms. The van der Waals surface area contributed by atoms with E-state index in [1.165, 1.54) is 5.56 Å². The molecule has 4 nitrogen and oxygen atoms in total. The van der Waals surface area contributed by atoms with Crippen molar-refractivity contribution >= 4 is 12.0 Å². The van der Waals surface area contributed by atoms with Gasteiger partial charge in [-0.2, -0.15) is 0 Å². The van der Waals surface area contributed by atoms with Gasteiger partial charge in [0.25, 0.3) is 0 Å². The zero-order valence-corrected chi connectivity index (χ0v) is 16.9. The highest BCUT2D eigenvalue weighted by Gasteiger charge is 2.26. The van der Waals surface area contributed by atoms with E-state index in [-0.39, 0.29) is 18.0 Å². The fourth-order valence-electron chi connectivity index (χ4n) is 3.56. The minimum atomic E-state index is -0.104. The summed E-state index contributed by atoms with van der Waals surface area (Å²) in [5, 5.41) is 3.15. The van der Waals surface area contributed by atoms with Crippen LogP contribution in [0.2, 0.25) is 0 Å². The molecular formula is C24H31N3O. The van der Waals surface area contributed by atoms with Crippen LogP contribution in [0.1, 0.15) is 31.0 Å². The van der Waals surface area contributed by atoms with E-state index < -0.39 is 0 Å². The van der Waals surface area contributed by atoms with Crippen molar-refractivity contribution in [3.8, 4) is 0 Å². The first-order chi connectivity index (χ1) is 13.6. The zero-order chi connectivity index (χ0) is 19.8. The lowest BCUT2D eigenvalue weighted by Gasteiger charge is -2.37. The van der Waals surface area contributed by atoms with Crippen LogP contribution in [-0.2, 0) is 4.79 Å². The minimum Gasteiger partial charge on any atom is -0.348 e. The maximum absolute atomic E-state index is 12.7. The lowest BCUT2D eigenvalue weighted by molar-refractivity contribution is -0.127. The van der Waals surface area contributed by atoms with Crippen LogP contribution < -0.4 is 5.32 Å². The zero-order valence-electron chi connectivity index (χ0n) is 16.9. The van der Waals surface area contributed by atoms with Crippen molar-refractivity contribution in [3.63, 3.8) is 0 Å². The Hall–Kier alpha value is -2.43. The highest BCUT2D eigenvalue weighted by Crippen LogP contribution is 2.13. The summed E-state index contributed by atoms with van der Waals surface area (Å²) in [6.45, 7) is 8.83. The largest absolute Gasteiger partial charge is 0.348 e. The molecule has 0 aromatic heterocycles. The molecule has 1 aliphatic rings. The van der Waals surface area contributed by atoms with Crippen LogP contribution in [0.3, 0.4) is 0 Å². The van der Waals surface area contributed by atoms with Gasteiger partial charge in [-0.05, 0) is 25.0 Å². The van der Waals surface area contributed by atoms with Gasteiger partial charge in [-0.1, -0.05) is 72.8 Å². The minimum absolute atomic E-state index is 0.0283. The van der Waals surface area contributed by atoms with Gasteiger partial charge in [-0.25, -0.2) is 0 Å². The summed E-state index contributed by atoms with van der Waals surface area (Å²) < 4.78 is 0. The van der Waals surface area contributed by atoms with Gasteiger partial charge in [0, 0.05) is 32.7 Å². The summed E-state index contributed by atoms with van der Waals surface area (Å²) in [5.41, 5.74) is 2.37. The number of nitrogens with zero attached hydrogens (tertiary/aromatic N) is 2. The van der Waals surface area contributed by atoms with Crippen LogP contribution in [0.4, 0.5) is 0 Å². The SMILES string of the molecule is CC(NC(=O)C(C)N1CCN(C/C=C/c2ccccc2)CC1)c1ccccc1. The number of carbonyl (C=O) groups excluding carboxylic acids is 1. The first-order valence-electron chi connectivity index (χ1n) is 10.2. The molecule has 2 unspecified atom stereocenters. The lowest BCUT2D eigenvalue weighted by atomic mass is 10.1. The Morgan fingerprint density at radius 3 is 2.21 bits per heavy atom. The molecule has 2 atom stereocenters. The van der Waals surface area contributed by atoms with Gasteiger partial charge < -0.3 is 5.32 Å². The van der Waals surface area contributed by atoms with Crippen molar-refractivity contribution in [2.24, 2.45) is 0 Å². The van der Waals surface area contributed by atoms with Crippen LogP contribution >= 0.6 is 0 Å². The molecule has 2 aromatic rings. The molecule has 0 saturated carbocycles. The summed E-state index contributed by atoms with van der Waals surface area (Å²) in [6.07, 6.45) is 4.40. The third kappa shape index (κ3) is 5.78. The van der Waals surface area contributed by atoms with Gasteiger partial charge in [0.1, 0.15) is 0 Å². The third-order valence-corrected chi connectivity index (χ3v) is 5.47. The molecule has 1 aliphatic heterocycles. The van der Waals surface area contributed by atoms with Gasteiger partial charge in [0.2, 0.25) is 5.91 Å². The number of benzene rings is 2. The fraction of sp³-hybridized carbons (Fsp3) is 0.375. The third-order valence-electron chi connectivity index (χ3n) is 5.47. The summed E-state index contributed by atoms with van der Waals surface area (Å²) in [5.74, 6) is 0.105. The number of hydrogen-bond acceptors (Lipinski definition) is 3. The number of nitrogens with one attached hydrogen (secondary N) is 1. The molecule has 1 heterocycles. The second-order valence-electron chi connectivity index (χ2n) is 7.47. The molecule has 28 heavy (non-hydrogen) atoms. The molecule has 0 radical (unpaired) electrons. The van der Waals surface area contributed by atoms with Crippen LogP contribution in [0.15, 0.2) is 66.7 Å². The van der Waals surface area contributed by atoms with Crippen LogP contribution in [0, 0.1) is 0 Å². The van der Waals surface area contributed by atoms with Crippen LogP contribution in [0.25, 0.3) is 6.08 Å². The second kappa shape index (κ2) is 10.2. The van der Waals surface area contributed by atoms with E-state index in [9.17, 15) is 4.79 Å². The van der Waals surface area contributed by atoms with Crippen molar-refractivity contribution in [2.75, 3.05) is 32.7 Å². The number of hydrogen-bond donors (Lipinski definition) is 1. The molecule has 1 fully saturated rings. The van der Waals surface area contributed by atoms with Gasteiger partial charge in [0.15, 0.2) is 0 Å². The lowest BCUT2D eigenvalue weighted by Crippen LogP contribution is -2.54. The predicted octanol–water partition coefficient (Wildman–Crippen LogP) is 3.58. The molecule has 1 saturated heterocycles. The Morgan fingerprint density at radius 1 is 0.964 bits per heavy atom. The van der Waals surface area contributed by atoms with E-state index in [1.54, 1.807) is 0 Å². The number of amides is 1. The number of piperazine rings is 1. The predicted molar refractivity (Wildman–Crippen MR) is 116 cm³/mol. The molecule has 1 N–H and O–H groups in total. The Balaban J connectivity index is 1.42. The smallest absolute Gasteiger partial charge is 0.237 e. The maximum Gasteiger partial charge on any atom is 0.237 e. The second-order valence-corrected chi connectivity index (χ2v) is 7.47. The Kier molecular flexibility index (Phi) is 7.40. The van der Waals surface area contributed by atoms with Crippen LogP contribution in [-0.4, -0.2) is 54.5 Å². The topological polar surface area (TPSA) is 35.6 Å². The molecule has 1 amide bonds. The van der Waals surface area contributed by atoms with E-state index in [2.05, 4.69) is 63.7 Å². The average molecular weight is 378 g/mol. The van der Waals surface area contributed by atoms with Crippen molar-refractivity contribution < 1.29 is 4.79 Å². The van der Waals surface area contributed by atoms with Crippen molar-refractivity contribution in [2.45, 2.75) is 25.9 Å². The monoisotopic (exact) mass is 377 g/mol. The first kappa shape index (κ1) is 20.3. The fourth-order valence-corrected chi connectivity index (χ4v) is 3.56. The number of carbonyl (C=O) groups is 1. The Bertz CT molecular complexity index is 752.